The molecule has 2 atom stereocenters. The molecule has 3 aliphatic heterocycles. The molecule has 0 aromatic carbocycles. The monoisotopic (exact) mass is 386 g/mol. The van der Waals surface area contributed by atoms with Gasteiger partial charge in [0.1, 0.15) is 6.10 Å². The van der Waals surface area contributed by atoms with Gasteiger partial charge in [-0.3, -0.25) is 19.4 Å². The van der Waals surface area contributed by atoms with Gasteiger partial charge in [-0.2, -0.15) is 0 Å². The van der Waals surface area contributed by atoms with E-state index < -0.39 is 5.92 Å². The highest BCUT2D eigenvalue weighted by atomic mass is 16.5. The van der Waals surface area contributed by atoms with Crippen molar-refractivity contribution < 1.29 is 19.1 Å². The van der Waals surface area contributed by atoms with Crippen molar-refractivity contribution in [2.75, 3.05) is 39.3 Å². The first-order valence-electron chi connectivity index (χ1n) is 9.93. The molecule has 0 radical (unpaired) electrons. The van der Waals surface area contributed by atoms with Crippen LogP contribution in [-0.4, -0.2) is 82.8 Å². The molecule has 2 fully saturated rings. The summed E-state index contributed by atoms with van der Waals surface area (Å²) in [5.41, 5.74) is 1.69. The molecular weight excluding hydrogens is 360 g/mol. The lowest BCUT2D eigenvalue weighted by Crippen LogP contribution is -2.55. The predicted molar refractivity (Wildman–Crippen MR) is 100 cm³/mol. The molecule has 8 heteroatoms. The van der Waals surface area contributed by atoms with Gasteiger partial charge in [-0.05, 0) is 24.5 Å². The Morgan fingerprint density at radius 1 is 1.07 bits per heavy atom. The summed E-state index contributed by atoms with van der Waals surface area (Å²) in [4.78, 5) is 47.4. The number of fused-ring (bicyclic) bond motifs is 1. The second kappa shape index (κ2) is 7.87. The number of hydrogen-bond donors (Lipinski definition) is 0. The van der Waals surface area contributed by atoms with Crippen LogP contribution in [0.5, 0.6) is 0 Å². The number of pyridine rings is 1. The zero-order valence-electron chi connectivity index (χ0n) is 16.2. The van der Waals surface area contributed by atoms with Gasteiger partial charge in [-0.25, -0.2) is 0 Å². The molecule has 0 spiro atoms. The SMILES string of the molecule is CC(=O)N1Cc2cccnc2C(C(=O)N2CCN(C(=O)C3CCCO3)CC2)C1. The van der Waals surface area contributed by atoms with Crippen molar-refractivity contribution in [2.45, 2.75) is 38.3 Å². The maximum Gasteiger partial charge on any atom is 0.251 e. The van der Waals surface area contributed by atoms with Gasteiger partial charge in [0, 0.05) is 59.0 Å². The Morgan fingerprint density at radius 2 is 1.79 bits per heavy atom. The van der Waals surface area contributed by atoms with Crippen LogP contribution in [0.15, 0.2) is 18.3 Å². The van der Waals surface area contributed by atoms with Gasteiger partial charge in [0.15, 0.2) is 0 Å². The molecule has 1 aromatic heterocycles. The first-order chi connectivity index (χ1) is 13.5. The highest BCUT2D eigenvalue weighted by Gasteiger charge is 2.37. The van der Waals surface area contributed by atoms with Gasteiger partial charge in [0.25, 0.3) is 5.91 Å². The molecule has 28 heavy (non-hydrogen) atoms. The van der Waals surface area contributed by atoms with Crippen LogP contribution in [0.2, 0.25) is 0 Å². The quantitative estimate of drug-likeness (QED) is 0.734. The van der Waals surface area contributed by atoms with Gasteiger partial charge in [0.2, 0.25) is 11.8 Å². The second-order valence-corrected chi connectivity index (χ2v) is 7.65. The molecule has 2 unspecified atom stereocenters. The second-order valence-electron chi connectivity index (χ2n) is 7.65. The minimum Gasteiger partial charge on any atom is -0.368 e. The van der Waals surface area contributed by atoms with Crippen molar-refractivity contribution in [3.05, 3.63) is 29.6 Å². The van der Waals surface area contributed by atoms with Crippen LogP contribution >= 0.6 is 0 Å². The zero-order chi connectivity index (χ0) is 19.7. The molecule has 3 amide bonds. The normalized spacial score (nSPS) is 24.8. The molecule has 4 heterocycles. The molecule has 0 saturated carbocycles. The highest BCUT2D eigenvalue weighted by Crippen LogP contribution is 2.28. The Morgan fingerprint density at radius 3 is 2.43 bits per heavy atom. The minimum atomic E-state index is -0.450. The standard InChI is InChI=1S/C20H26N4O4/c1-14(25)24-12-15-4-2-6-21-18(15)16(13-24)19(26)22-7-9-23(10-8-22)20(27)17-5-3-11-28-17/h2,4,6,16-17H,3,5,7-13H2,1H3. The number of carbonyl (C=O) groups is 3. The Hall–Kier alpha value is -2.48. The van der Waals surface area contributed by atoms with Crippen molar-refractivity contribution in [2.24, 2.45) is 0 Å². The molecule has 4 rings (SSSR count). The lowest BCUT2D eigenvalue weighted by molar-refractivity contribution is -0.147. The van der Waals surface area contributed by atoms with E-state index in [1.807, 2.05) is 12.1 Å². The fraction of sp³-hybridized carbons (Fsp3) is 0.600. The number of nitrogens with zero attached hydrogens (tertiary/aromatic N) is 4. The van der Waals surface area contributed by atoms with Crippen molar-refractivity contribution in [3.8, 4) is 0 Å². The average Bonchev–Trinajstić information content (AvgIpc) is 3.27. The van der Waals surface area contributed by atoms with Crippen LogP contribution in [0.4, 0.5) is 0 Å². The first kappa shape index (κ1) is 18.9. The number of aromatic nitrogens is 1. The van der Waals surface area contributed by atoms with E-state index in [0.717, 1.165) is 24.1 Å². The van der Waals surface area contributed by atoms with Gasteiger partial charge in [-0.1, -0.05) is 6.07 Å². The Labute approximate surface area is 164 Å². The van der Waals surface area contributed by atoms with E-state index in [1.165, 1.54) is 6.92 Å². The molecule has 150 valence electrons. The summed E-state index contributed by atoms with van der Waals surface area (Å²) in [6, 6.07) is 3.76. The van der Waals surface area contributed by atoms with Crippen molar-refractivity contribution in [1.29, 1.82) is 0 Å². The summed E-state index contributed by atoms with van der Waals surface area (Å²) in [5, 5.41) is 0. The van der Waals surface area contributed by atoms with E-state index in [0.29, 0.717) is 45.9 Å². The van der Waals surface area contributed by atoms with Crippen molar-refractivity contribution >= 4 is 17.7 Å². The number of hydrogen-bond acceptors (Lipinski definition) is 5. The van der Waals surface area contributed by atoms with E-state index in [2.05, 4.69) is 4.98 Å². The summed E-state index contributed by atoms with van der Waals surface area (Å²) < 4.78 is 5.49. The number of amides is 3. The molecule has 0 N–H and O–H groups in total. The Balaban J connectivity index is 1.43. The van der Waals surface area contributed by atoms with Gasteiger partial charge in [0.05, 0.1) is 11.6 Å². The topological polar surface area (TPSA) is 83.1 Å². The van der Waals surface area contributed by atoms with Crippen LogP contribution in [0, 0.1) is 0 Å². The number of rotatable bonds is 2. The maximum atomic E-state index is 13.2. The van der Waals surface area contributed by atoms with Crippen LogP contribution in [0.1, 0.15) is 36.9 Å². The summed E-state index contributed by atoms with van der Waals surface area (Å²) in [6.07, 6.45) is 3.08. The molecule has 1 aromatic rings. The summed E-state index contributed by atoms with van der Waals surface area (Å²) in [6.45, 7) is 5.05. The third-order valence-electron chi connectivity index (χ3n) is 5.87. The fourth-order valence-electron chi connectivity index (χ4n) is 4.25. The van der Waals surface area contributed by atoms with E-state index in [1.54, 1.807) is 20.9 Å². The van der Waals surface area contributed by atoms with E-state index in [4.69, 9.17) is 4.74 Å². The largest absolute Gasteiger partial charge is 0.368 e. The minimum absolute atomic E-state index is 0.0184. The molecule has 0 bridgehead atoms. The molecule has 8 nitrogen and oxygen atoms in total. The van der Waals surface area contributed by atoms with Crippen LogP contribution in [0.3, 0.4) is 0 Å². The molecule has 3 aliphatic rings. The predicted octanol–water partition coefficient (Wildman–Crippen LogP) is 0.377. The maximum absolute atomic E-state index is 13.2. The lowest BCUT2D eigenvalue weighted by Gasteiger charge is -2.39. The smallest absolute Gasteiger partial charge is 0.251 e. The van der Waals surface area contributed by atoms with Crippen molar-refractivity contribution in [1.82, 2.24) is 19.7 Å². The first-order valence-corrected chi connectivity index (χ1v) is 9.93. The Kier molecular flexibility index (Phi) is 5.30. The van der Waals surface area contributed by atoms with Gasteiger partial charge >= 0.3 is 0 Å². The summed E-state index contributed by atoms with van der Waals surface area (Å²) in [7, 11) is 0. The summed E-state index contributed by atoms with van der Waals surface area (Å²) in [5.74, 6) is -0.472. The molecule has 0 aliphatic carbocycles. The number of piperazine rings is 1. The third-order valence-corrected chi connectivity index (χ3v) is 5.87. The van der Waals surface area contributed by atoms with Crippen molar-refractivity contribution in [3.63, 3.8) is 0 Å². The van der Waals surface area contributed by atoms with E-state index in [9.17, 15) is 14.4 Å². The van der Waals surface area contributed by atoms with Crippen LogP contribution < -0.4 is 0 Å². The van der Waals surface area contributed by atoms with Crippen LogP contribution in [-0.2, 0) is 25.7 Å². The third kappa shape index (κ3) is 3.61. The average molecular weight is 386 g/mol. The number of ether oxygens (including phenoxy) is 1. The fourth-order valence-corrected chi connectivity index (χ4v) is 4.25. The highest BCUT2D eigenvalue weighted by molar-refractivity contribution is 5.86. The van der Waals surface area contributed by atoms with Gasteiger partial charge in [-0.15, -0.1) is 0 Å². The Bertz CT molecular complexity index is 769. The molecular formula is C20H26N4O4. The lowest BCUT2D eigenvalue weighted by atomic mass is 9.93. The van der Waals surface area contributed by atoms with E-state index >= 15 is 0 Å². The number of carbonyl (C=O) groups excluding carboxylic acids is 3. The van der Waals surface area contributed by atoms with Crippen LogP contribution in [0.25, 0.3) is 0 Å². The molecule has 2 saturated heterocycles. The zero-order valence-corrected chi connectivity index (χ0v) is 16.2. The summed E-state index contributed by atoms with van der Waals surface area (Å²) >= 11 is 0. The van der Waals surface area contributed by atoms with E-state index in [-0.39, 0.29) is 23.8 Å². The van der Waals surface area contributed by atoms with Gasteiger partial charge < -0.3 is 19.4 Å².